The van der Waals surface area contributed by atoms with Crippen LogP contribution < -0.4 is 10.6 Å². The molecule has 0 saturated carbocycles. The smallest absolute Gasteiger partial charge is 0.356 e. The minimum atomic E-state index is -1.78. The number of rotatable bonds is 6. The number of hydrogen-bond acceptors (Lipinski definition) is 6. The number of anilines is 1. The van der Waals surface area contributed by atoms with Crippen LogP contribution in [0.1, 0.15) is 54.7 Å². The van der Waals surface area contributed by atoms with Crippen LogP contribution in [0.4, 0.5) is 14.6 Å². The molecule has 2 heterocycles. The average molecular weight is 588 g/mol. The van der Waals surface area contributed by atoms with Gasteiger partial charge >= 0.3 is 5.97 Å². The van der Waals surface area contributed by atoms with Gasteiger partial charge < -0.3 is 15.7 Å². The Morgan fingerprint density at radius 3 is 2.48 bits per heavy atom. The van der Waals surface area contributed by atoms with Gasteiger partial charge in [-0.3, -0.25) is 4.79 Å². The summed E-state index contributed by atoms with van der Waals surface area (Å²) in [6, 6.07) is 8.29. The molecule has 8 nitrogen and oxygen atoms in total. The Hall–Kier alpha value is -3.65. The highest BCUT2D eigenvalue weighted by atomic mass is 35.5. The van der Waals surface area contributed by atoms with E-state index in [0.717, 1.165) is 18.5 Å². The molecule has 4 atom stereocenters. The van der Waals surface area contributed by atoms with Gasteiger partial charge in [-0.05, 0) is 35.6 Å². The Bertz CT molecular complexity index is 1510. The minimum absolute atomic E-state index is 0.0496. The summed E-state index contributed by atoms with van der Waals surface area (Å²) >= 11 is 12.2. The Morgan fingerprint density at radius 1 is 1.18 bits per heavy atom. The van der Waals surface area contributed by atoms with E-state index in [-0.39, 0.29) is 32.7 Å². The number of carbonyl (C=O) groups excluding carboxylic acids is 1. The molecule has 0 unspecified atom stereocenters. The highest BCUT2D eigenvalue weighted by Crippen LogP contribution is 2.52. The number of benzene rings is 2. The van der Waals surface area contributed by atoms with Crippen LogP contribution >= 0.6 is 23.2 Å². The molecular weight excluding hydrogens is 563 g/mol. The summed E-state index contributed by atoms with van der Waals surface area (Å²) in [4.78, 5) is 32.6. The number of hydrogen-bond donors (Lipinski definition) is 3. The molecule has 208 valence electrons. The van der Waals surface area contributed by atoms with E-state index < -0.39 is 52.3 Å². The maximum atomic E-state index is 15.7. The molecule has 1 aromatic heterocycles. The molecule has 1 amide bonds. The Kier molecular flexibility index (Phi) is 8.13. The maximum Gasteiger partial charge on any atom is 0.356 e. The van der Waals surface area contributed by atoms with Crippen LogP contribution in [0.3, 0.4) is 0 Å². The highest BCUT2D eigenvalue weighted by Gasteiger charge is 2.61. The monoisotopic (exact) mass is 587 g/mol. The van der Waals surface area contributed by atoms with Crippen molar-refractivity contribution < 1.29 is 23.5 Å². The molecule has 1 aliphatic heterocycles. The van der Waals surface area contributed by atoms with Gasteiger partial charge in [0.05, 0.1) is 29.5 Å². The second-order valence-corrected chi connectivity index (χ2v) is 11.6. The summed E-state index contributed by atoms with van der Waals surface area (Å²) in [7, 11) is 0. The standard InChI is InChI=1S/C28H25Cl2F2N5O3/c1-27(2,3)10-20-28(13-33,16-8-7-14(29)9-18(16)31)22(15-5-4-6-17(30)23(15)32)24(36-20)25(38)37-21-12-34-19(11-35-21)26(39)40/h4-9,11-12,20,22,24,36H,10H2,1-3H3,(H,39,40)(H,35,37,38)/t20-,22-,24+,28-/m0/s1. The van der Waals surface area contributed by atoms with E-state index in [2.05, 4.69) is 26.7 Å². The third-order valence-corrected chi connectivity index (χ3v) is 7.38. The van der Waals surface area contributed by atoms with Crippen LogP contribution in [0.15, 0.2) is 48.8 Å². The van der Waals surface area contributed by atoms with E-state index in [1.807, 2.05) is 20.8 Å². The van der Waals surface area contributed by atoms with Crippen molar-refractivity contribution in [3.05, 3.63) is 87.3 Å². The van der Waals surface area contributed by atoms with Gasteiger partial charge in [-0.1, -0.05) is 62.2 Å². The van der Waals surface area contributed by atoms with E-state index in [4.69, 9.17) is 28.3 Å². The number of amides is 1. The van der Waals surface area contributed by atoms with Crippen molar-refractivity contribution in [3.63, 3.8) is 0 Å². The van der Waals surface area contributed by atoms with Gasteiger partial charge in [-0.25, -0.2) is 23.5 Å². The van der Waals surface area contributed by atoms with Gasteiger partial charge in [-0.15, -0.1) is 0 Å². The van der Waals surface area contributed by atoms with E-state index in [1.165, 1.54) is 30.3 Å². The Balaban J connectivity index is 1.92. The van der Waals surface area contributed by atoms with Gasteiger partial charge in [0.2, 0.25) is 5.91 Å². The average Bonchev–Trinajstić information content (AvgIpc) is 3.19. The maximum absolute atomic E-state index is 15.7. The molecule has 3 N–H and O–H groups in total. The SMILES string of the molecule is CC(C)(C)C[C@@H]1N[C@@H](C(=O)Nc2cnc(C(=O)O)cn2)[C@H](c2cccc(Cl)c2F)[C@@]1(C#N)c1ccc(Cl)cc1F. The van der Waals surface area contributed by atoms with Gasteiger partial charge in [-0.2, -0.15) is 5.26 Å². The summed E-state index contributed by atoms with van der Waals surface area (Å²) in [6.07, 6.45) is 2.34. The third-order valence-electron chi connectivity index (χ3n) is 6.85. The second-order valence-electron chi connectivity index (χ2n) is 10.8. The molecule has 4 rings (SSSR count). The van der Waals surface area contributed by atoms with E-state index in [1.54, 1.807) is 0 Å². The fourth-order valence-electron chi connectivity index (χ4n) is 5.26. The fraction of sp³-hybridized carbons (Fsp3) is 0.321. The number of nitrogens with zero attached hydrogens (tertiary/aromatic N) is 3. The summed E-state index contributed by atoms with van der Waals surface area (Å²) in [5.74, 6) is -4.96. The molecule has 1 aliphatic rings. The summed E-state index contributed by atoms with van der Waals surface area (Å²) in [5.41, 5.74) is -2.62. The fourth-order valence-corrected chi connectivity index (χ4v) is 5.60. The van der Waals surface area contributed by atoms with Crippen molar-refractivity contribution >= 4 is 40.9 Å². The topological polar surface area (TPSA) is 128 Å². The molecule has 0 radical (unpaired) electrons. The third kappa shape index (κ3) is 5.50. The van der Waals surface area contributed by atoms with Crippen LogP contribution in [0, 0.1) is 28.4 Å². The summed E-state index contributed by atoms with van der Waals surface area (Å²) < 4.78 is 31.3. The lowest BCUT2D eigenvalue weighted by Gasteiger charge is -2.37. The normalized spacial score (nSPS) is 22.5. The van der Waals surface area contributed by atoms with Crippen molar-refractivity contribution in [1.82, 2.24) is 15.3 Å². The van der Waals surface area contributed by atoms with Crippen molar-refractivity contribution in [2.24, 2.45) is 5.41 Å². The lowest BCUT2D eigenvalue weighted by molar-refractivity contribution is -0.118. The summed E-state index contributed by atoms with van der Waals surface area (Å²) in [5, 5.41) is 25.5. The number of aromatic carboxylic acids is 1. The number of halogens is 4. The molecule has 1 fully saturated rings. The Morgan fingerprint density at radius 2 is 1.90 bits per heavy atom. The molecule has 0 spiro atoms. The van der Waals surface area contributed by atoms with E-state index >= 15 is 8.78 Å². The molecule has 40 heavy (non-hydrogen) atoms. The predicted octanol–water partition coefficient (Wildman–Crippen LogP) is 5.72. The number of nitriles is 1. The van der Waals surface area contributed by atoms with Crippen molar-refractivity contribution in [2.45, 2.75) is 50.6 Å². The first-order valence-corrected chi connectivity index (χ1v) is 13.0. The van der Waals surface area contributed by atoms with E-state index in [0.29, 0.717) is 6.42 Å². The minimum Gasteiger partial charge on any atom is -0.476 e. The molecule has 0 aliphatic carbocycles. The number of aromatic nitrogens is 2. The lowest BCUT2D eigenvalue weighted by Crippen LogP contribution is -2.45. The number of carbonyl (C=O) groups is 2. The van der Waals surface area contributed by atoms with Gasteiger partial charge in [0.25, 0.3) is 0 Å². The van der Waals surface area contributed by atoms with Crippen molar-refractivity contribution in [1.29, 1.82) is 5.26 Å². The Labute approximate surface area is 239 Å². The molecule has 3 aromatic rings. The van der Waals surface area contributed by atoms with Crippen molar-refractivity contribution in [3.8, 4) is 6.07 Å². The molecule has 12 heteroatoms. The van der Waals surface area contributed by atoms with Crippen molar-refractivity contribution in [2.75, 3.05) is 5.32 Å². The zero-order valence-corrected chi connectivity index (χ0v) is 23.2. The first-order valence-electron chi connectivity index (χ1n) is 12.2. The number of nitrogens with one attached hydrogen (secondary N) is 2. The first kappa shape index (κ1) is 29.3. The van der Waals surface area contributed by atoms with Gasteiger partial charge in [0.1, 0.15) is 17.0 Å². The van der Waals surface area contributed by atoms with Crippen LogP contribution in [0.2, 0.25) is 10.0 Å². The lowest BCUT2D eigenvalue weighted by atomic mass is 9.62. The van der Waals surface area contributed by atoms with Gasteiger partial charge in [0.15, 0.2) is 11.5 Å². The molecule has 1 saturated heterocycles. The first-order chi connectivity index (χ1) is 18.8. The zero-order valence-electron chi connectivity index (χ0n) is 21.7. The molecule has 0 bridgehead atoms. The highest BCUT2D eigenvalue weighted by molar-refractivity contribution is 6.31. The number of carboxylic acids is 1. The van der Waals surface area contributed by atoms with Crippen LogP contribution in [-0.2, 0) is 10.2 Å². The van der Waals surface area contributed by atoms with E-state index in [9.17, 15) is 14.9 Å². The van der Waals surface area contributed by atoms with Gasteiger partial charge in [0, 0.05) is 22.5 Å². The summed E-state index contributed by atoms with van der Waals surface area (Å²) in [6.45, 7) is 5.78. The largest absolute Gasteiger partial charge is 0.476 e. The molecular formula is C28H25Cl2F2N5O3. The second kappa shape index (κ2) is 11.1. The van der Waals surface area contributed by atoms with Crippen LogP contribution in [0.25, 0.3) is 0 Å². The van der Waals surface area contributed by atoms with Crippen LogP contribution in [-0.4, -0.2) is 39.0 Å². The quantitative estimate of drug-likeness (QED) is 0.336. The van der Waals surface area contributed by atoms with Crippen LogP contribution in [0.5, 0.6) is 0 Å². The number of carboxylic acid groups (broad SMARTS) is 1. The predicted molar refractivity (Wildman–Crippen MR) is 145 cm³/mol. The zero-order chi connectivity index (χ0) is 29.4. The molecule has 2 aromatic carbocycles.